The molecule has 1 fully saturated rings. The number of carbonyl (C=O) groups is 1. The Morgan fingerprint density at radius 1 is 1.35 bits per heavy atom. The molecule has 1 unspecified atom stereocenters. The number of benzene rings is 1. The van der Waals surface area contributed by atoms with E-state index in [-0.39, 0.29) is 11.9 Å². The van der Waals surface area contributed by atoms with Gasteiger partial charge in [0.15, 0.2) is 0 Å². The van der Waals surface area contributed by atoms with Gasteiger partial charge in [-0.15, -0.1) is 0 Å². The topological polar surface area (TPSA) is 55.7 Å². The minimum absolute atomic E-state index is 0.0769. The lowest BCUT2D eigenvalue weighted by Gasteiger charge is -2.35. The Bertz CT molecular complexity index is 756. The van der Waals surface area contributed by atoms with Crippen molar-refractivity contribution in [3.63, 3.8) is 0 Å². The van der Waals surface area contributed by atoms with Crippen LogP contribution in [0.4, 0.5) is 0 Å². The molecule has 6 nitrogen and oxygen atoms in total. The van der Waals surface area contributed by atoms with Crippen LogP contribution in [0, 0.1) is 0 Å². The summed E-state index contributed by atoms with van der Waals surface area (Å²) in [4.78, 5) is 15.1. The maximum absolute atomic E-state index is 12.7. The second-order valence-corrected chi connectivity index (χ2v) is 6.70. The van der Waals surface area contributed by atoms with Gasteiger partial charge in [0.25, 0.3) is 5.91 Å². The number of halogens is 1. The highest BCUT2D eigenvalue weighted by Crippen LogP contribution is 2.24. The zero-order valence-corrected chi connectivity index (χ0v) is 15.8. The maximum atomic E-state index is 12.7. The summed E-state index contributed by atoms with van der Waals surface area (Å²) in [6.07, 6.45) is 2.02. The standard InChI is InChI=1S/C19H24ClN3O3/c1-22-7-3-4-16(22)17(23-8-10-26-11-9-23)13-21-19(24)15-12-14(20)5-6-18(15)25-2/h3-7,12,17H,8-11,13H2,1-2H3,(H,21,24). The van der Waals surface area contributed by atoms with Crippen LogP contribution in [0.15, 0.2) is 36.5 Å². The SMILES string of the molecule is COc1ccc(Cl)cc1C(=O)NCC(c1cccn1C)N1CCOCC1. The Hall–Kier alpha value is -2.02. The minimum Gasteiger partial charge on any atom is -0.496 e. The van der Waals surface area contributed by atoms with Crippen LogP contribution >= 0.6 is 11.6 Å². The molecule has 0 bridgehead atoms. The molecule has 1 aliphatic rings. The average molecular weight is 378 g/mol. The Balaban J connectivity index is 1.76. The van der Waals surface area contributed by atoms with E-state index in [1.165, 1.54) is 0 Å². The van der Waals surface area contributed by atoms with Crippen LogP contribution in [-0.4, -0.2) is 55.3 Å². The van der Waals surface area contributed by atoms with E-state index in [2.05, 4.69) is 20.9 Å². The predicted octanol–water partition coefficient (Wildman–Crippen LogP) is 2.49. The summed E-state index contributed by atoms with van der Waals surface area (Å²) in [6.45, 7) is 3.58. The number of morpholine rings is 1. The van der Waals surface area contributed by atoms with Crippen LogP contribution in [0.25, 0.3) is 0 Å². The molecular formula is C19H24ClN3O3. The molecule has 0 saturated carbocycles. The summed E-state index contributed by atoms with van der Waals surface area (Å²) in [5, 5.41) is 3.54. The van der Waals surface area contributed by atoms with Crippen molar-refractivity contribution in [2.45, 2.75) is 6.04 Å². The molecule has 1 N–H and O–H groups in total. The third kappa shape index (κ3) is 4.20. The van der Waals surface area contributed by atoms with Crippen LogP contribution in [0.2, 0.25) is 5.02 Å². The quantitative estimate of drug-likeness (QED) is 0.840. The lowest BCUT2D eigenvalue weighted by atomic mass is 10.1. The van der Waals surface area contributed by atoms with Crippen molar-refractivity contribution >= 4 is 17.5 Å². The summed E-state index contributed by atoms with van der Waals surface area (Å²) in [6, 6.07) is 9.22. The first kappa shape index (κ1) is 18.8. The number of hydrogen-bond donors (Lipinski definition) is 1. The molecule has 1 amide bonds. The van der Waals surface area contributed by atoms with E-state index in [0.29, 0.717) is 36.1 Å². The molecule has 1 saturated heterocycles. The fourth-order valence-electron chi connectivity index (χ4n) is 3.27. The Morgan fingerprint density at radius 3 is 2.77 bits per heavy atom. The van der Waals surface area contributed by atoms with Crippen molar-refractivity contribution in [3.8, 4) is 5.75 Å². The Morgan fingerprint density at radius 2 is 2.12 bits per heavy atom. The van der Waals surface area contributed by atoms with Crippen LogP contribution in [0.1, 0.15) is 22.1 Å². The van der Waals surface area contributed by atoms with E-state index in [0.717, 1.165) is 18.8 Å². The smallest absolute Gasteiger partial charge is 0.255 e. The number of ether oxygens (including phenoxy) is 2. The van der Waals surface area contributed by atoms with E-state index >= 15 is 0 Å². The summed E-state index contributed by atoms with van der Waals surface area (Å²) in [5.74, 6) is 0.311. The fraction of sp³-hybridized carbons (Fsp3) is 0.421. The molecule has 1 aromatic carbocycles. The zero-order valence-electron chi connectivity index (χ0n) is 15.1. The van der Waals surface area contributed by atoms with Crippen molar-refractivity contribution in [1.82, 2.24) is 14.8 Å². The van der Waals surface area contributed by atoms with Crippen LogP contribution in [0.3, 0.4) is 0 Å². The molecule has 26 heavy (non-hydrogen) atoms. The molecule has 1 atom stereocenters. The van der Waals surface area contributed by atoms with Gasteiger partial charge in [-0.05, 0) is 30.3 Å². The second-order valence-electron chi connectivity index (χ2n) is 6.26. The molecule has 0 radical (unpaired) electrons. The van der Waals surface area contributed by atoms with Gasteiger partial charge >= 0.3 is 0 Å². The zero-order chi connectivity index (χ0) is 18.5. The Kier molecular flexibility index (Phi) is 6.19. The van der Waals surface area contributed by atoms with Gasteiger partial charge in [0.05, 0.1) is 31.9 Å². The van der Waals surface area contributed by atoms with Gasteiger partial charge in [-0.3, -0.25) is 9.69 Å². The number of hydrogen-bond acceptors (Lipinski definition) is 4. The monoisotopic (exact) mass is 377 g/mol. The molecule has 2 aromatic rings. The summed E-state index contributed by atoms with van der Waals surface area (Å²) in [5.41, 5.74) is 1.60. The molecule has 1 aliphatic heterocycles. The highest BCUT2D eigenvalue weighted by Gasteiger charge is 2.25. The van der Waals surface area contributed by atoms with E-state index in [1.807, 2.05) is 19.3 Å². The largest absolute Gasteiger partial charge is 0.496 e. The van der Waals surface area contributed by atoms with Crippen molar-refractivity contribution in [2.24, 2.45) is 7.05 Å². The van der Waals surface area contributed by atoms with Crippen LogP contribution in [-0.2, 0) is 11.8 Å². The number of aryl methyl sites for hydroxylation is 1. The number of amides is 1. The van der Waals surface area contributed by atoms with Crippen molar-refractivity contribution < 1.29 is 14.3 Å². The van der Waals surface area contributed by atoms with Crippen LogP contribution in [0.5, 0.6) is 5.75 Å². The minimum atomic E-state index is -0.197. The number of nitrogens with one attached hydrogen (secondary N) is 1. The van der Waals surface area contributed by atoms with Gasteiger partial charge in [-0.2, -0.15) is 0 Å². The number of nitrogens with zero attached hydrogens (tertiary/aromatic N) is 2. The van der Waals surface area contributed by atoms with Gasteiger partial charge in [-0.1, -0.05) is 11.6 Å². The molecule has 2 heterocycles. The average Bonchev–Trinajstić information content (AvgIpc) is 3.08. The molecular weight excluding hydrogens is 354 g/mol. The van der Waals surface area contributed by atoms with Gasteiger partial charge in [0, 0.05) is 43.6 Å². The van der Waals surface area contributed by atoms with Gasteiger partial charge in [0.2, 0.25) is 0 Å². The molecule has 1 aromatic heterocycles. The summed E-state index contributed by atoms with van der Waals surface area (Å²) < 4.78 is 12.8. The molecule has 7 heteroatoms. The third-order valence-electron chi connectivity index (χ3n) is 4.67. The highest BCUT2D eigenvalue weighted by atomic mass is 35.5. The first-order valence-electron chi connectivity index (χ1n) is 8.65. The van der Waals surface area contributed by atoms with Gasteiger partial charge in [-0.25, -0.2) is 0 Å². The fourth-order valence-corrected chi connectivity index (χ4v) is 3.44. The maximum Gasteiger partial charge on any atom is 0.255 e. The van der Waals surface area contributed by atoms with E-state index in [1.54, 1.807) is 25.3 Å². The number of rotatable bonds is 6. The molecule has 0 aliphatic carbocycles. The van der Waals surface area contributed by atoms with Crippen molar-refractivity contribution in [1.29, 1.82) is 0 Å². The third-order valence-corrected chi connectivity index (χ3v) is 4.91. The number of aromatic nitrogens is 1. The lowest BCUT2D eigenvalue weighted by Crippen LogP contribution is -2.44. The van der Waals surface area contributed by atoms with Gasteiger partial charge < -0.3 is 19.4 Å². The first-order valence-corrected chi connectivity index (χ1v) is 9.02. The van der Waals surface area contributed by atoms with Crippen LogP contribution < -0.4 is 10.1 Å². The van der Waals surface area contributed by atoms with Crippen molar-refractivity contribution in [3.05, 3.63) is 52.8 Å². The lowest BCUT2D eigenvalue weighted by molar-refractivity contribution is 0.0148. The molecule has 0 spiro atoms. The summed E-state index contributed by atoms with van der Waals surface area (Å²) >= 11 is 6.04. The Labute approximate surface area is 158 Å². The van der Waals surface area contributed by atoms with E-state index < -0.39 is 0 Å². The van der Waals surface area contributed by atoms with E-state index in [9.17, 15) is 4.79 Å². The summed E-state index contributed by atoms with van der Waals surface area (Å²) in [7, 11) is 3.56. The number of carbonyl (C=O) groups excluding carboxylic acids is 1. The first-order chi connectivity index (χ1) is 12.6. The number of methoxy groups -OCH3 is 1. The highest BCUT2D eigenvalue weighted by molar-refractivity contribution is 6.31. The normalized spacial score (nSPS) is 16.3. The van der Waals surface area contributed by atoms with Gasteiger partial charge in [0.1, 0.15) is 5.75 Å². The second kappa shape index (κ2) is 8.58. The van der Waals surface area contributed by atoms with E-state index in [4.69, 9.17) is 21.1 Å². The van der Waals surface area contributed by atoms with Crippen molar-refractivity contribution in [2.75, 3.05) is 40.0 Å². The molecule has 3 rings (SSSR count). The predicted molar refractivity (Wildman–Crippen MR) is 101 cm³/mol. The molecule has 140 valence electrons.